The van der Waals surface area contributed by atoms with E-state index in [-0.39, 0.29) is 35.5 Å². The van der Waals surface area contributed by atoms with E-state index in [0.717, 1.165) is 6.21 Å². The molecule has 1 N–H and O–H groups in total. The second-order valence-corrected chi connectivity index (χ2v) is 3.52. The molecular weight excluding hydrogens is 253 g/mol. The van der Waals surface area contributed by atoms with Crippen LogP contribution >= 0.6 is 0 Å². The van der Waals surface area contributed by atoms with Gasteiger partial charge in [0.05, 0.1) is 5.56 Å². The van der Waals surface area contributed by atoms with E-state index < -0.39 is 0 Å². The third-order valence-electron chi connectivity index (χ3n) is 2.32. The molecule has 2 aromatic rings. The normalized spacial score (nSPS) is 9.89. The van der Waals surface area contributed by atoms with E-state index in [9.17, 15) is 10.0 Å². The molecule has 90 valence electrons. The van der Waals surface area contributed by atoms with Gasteiger partial charge >= 0.3 is 29.6 Å². The smallest absolute Gasteiger partial charge is 0.792 e. The summed E-state index contributed by atoms with van der Waals surface area (Å²) in [6.45, 7) is 0. The minimum Gasteiger partial charge on any atom is -0.792 e. The first-order chi connectivity index (χ1) is 8.81. The van der Waals surface area contributed by atoms with Crippen molar-refractivity contribution < 1.29 is 34.4 Å². The molecule has 0 aliphatic carbocycles. The second kappa shape index (κ2) is 7.68. The quantitative estimate of drug-likeness (QED) is 0.450. The van der Waals surface area contributed by atoms with Crippen LogP contribution in [0.25, 0.3) is 0 Å². The Balaban J connectivity index is 0.00000180. The van der Waals surface area contributed by atoms with Crippen molar-refractivity contribution in [3.8, 4) is 0 Å². The summed E-state index contributed by atoms with van der Waals surface area (Å²) in [4.78, 5) is 15.8. The van der Waals surface area contributed by atoms with E-state index >= 15 is 0 Å². The van der Waals surface area contributed by atoms with Gasteiger partial charge in [0.1, 0.15) is 0 Å². The average molecular weight is 263 g/mol. The topological polar surface area (TPSA) is 77.4 Å². The minimum absolute atomic E-state index is 0. The number of amides is 1. The molecule has 1 aromatic carbocycles. The molecule has 0 saturated heterocycles. The van der Waals surface area contributed by atoms with E-state index in [0.29, 0.717) is 16.8 Å². The summed E-state index contributed by atoms with van der Waals surface area (Å²) in [5.74, 6) is -0.283. The number of anilines is 1. The van der Waals surface area contributed by atoms with Gasteiger partial charge in [-0.1, -0.05) is 18.2 Å². The monoisotopic (exact) mass is 263 g/mol. The molecule has 0 fully saturated rings. The fraction of sp³-hybridized carbons (Fsp3) is 0. The molecule has 6 heteroatoms. The largest absolute Gasteiger partial charge is 1.00 e. The molecule has 0 bridgehead atoms. The van der Waals surface area contributed by atoms with Gasteiger partial charge in [0.25, 0.3) is 5.91 Å². The van der Waals surface area contributed by atoms with E-state index in [1.165, 1.54) is 6.20 Å². The van der Waals surface area contributed by atoms with Gasteiger partial charge in [0.15, 0.2) is 0 Å². The van der Waals surface area contributed by atoms with Crippen molar-refractivity contribution in [1.29, 1.82) is 0 Å². The number of rotatable bonds is 3. The van der Waals surface area contributed by atoms with E-state index in [1.54, 1.807) is 42.6 Å². The molecule has 0 aliphatic heterocycles. The van der Waals surface area contributed by atoms with Crippen molar-refractivity contribution in [2.45, 2.75) is 0 Å². The number of benzene rings is 1. The first kappa shape index (κ1) is 15.4. The molecule has 0 saturated carbocycles. The van der Waals surface area contributed by atoms with Crippen LogP contribution in [-0.2, 0) is 0 Å². The second-order valence-electron chi connectivity index (χ2n) is 3.52. The van der Waals surface area contributed by atoms with Crippen LogP contribution in [0.15, 0.2) is 53.9 Å². The number of pyridine rings is 1. The van der Waals surface area contributed by atoms with Crippen LogP contribution < -0.4 is 34.9 Å². The van der Waals surface area contributed by atoms with Crippen LogP contribution in [-0.4, -0.2) is 17.1 Å². The predicted molar refractivity (Wildman–Crippen MR) is 69.6 cm³/mol. The van der Waals surface area contributed by atoms with Crippen molar-refractivity contribution in [3.05, 3.63) is 65.1 Å². The van der Waals surface area contributed by atoms with Gasteiger partial charge in [-0.05, 0) is 18.2 Å². The van der Waals surface area contributed by atoms with E-state index in [1.807, 2.05) is 0 Å². The van der Waals surface area contributed by atoms with Crippen molar-refractivity contribution in [2.75, 3.05) is 5.32 Å². The van der Waals surface area contributed by atoms with Crippen LogP contribution in [0.2, 0.25) is 0 Å². The summed E-state index contributed by atoms with van der Waals surface area (Å²) < 4.78 is 0. The van der Waals surface area contributed by atoms with E-state index in [2.05, 4.69) is 15.5 Å². The molecule has 2 rings (SSSR count). The van der Waals surface area contributed by atoms with Crippen LogP contribution in [0, 0.1) is 5.21 Å². The molecule has 1 aromatic heterocycles. The molecule has 0 atom stereocenters. The fourth-order valence-electron chi connectivity index (χ4n) is 1.47. The number of para-hydroxylation sites is 1. The number of nitrogens with zero attached hydrogens (tertiary/aromatic N) is 2. The first-order valence-corrected chi connectivity index (χ1v) is 5.27. The summed E-state index contributed by atoms with van der Waals surface area (Å²) in [7, 11) is 0. The Morgan fingerprint density at radius 2 is 2.05 bits per heavy atom. The molecule has 1 heterocycles. The van der Waals surface area contributed by atoms with Gasteiger partial charge < -0.3 is 15.7 Å². The molecule has 19 heavy (non-hydrogen) atoms. The van der Waals surface area contributed by atoms with Crippen molar-refractivity contribution in [2.24, 2.45) is 5.16 Å². The molecule has 1 amide bonds. The maximum atomic E-state index is 11.9. The zero-order valence-corrected chi connectivity index (χ0v) is 12.4. The summed E-state index contributed by atoms with van der Waals surface area (Å²) in [5.41, 5.74) is 1.54. The molecule has 0 spiro atoms. The third kappa shape index (κ3) is 4.17. The third-order valence-corrected chi connectivity index (χ3v) is 2.32. The van der Waals surface area contributed by atoms with Gasteiger partial charge in [-0.2, -0.15) is 0 Å². The van der Waals surface area contributed by atoms with Gasteiger partial charge in [-0.25, -0.2) is 0 Å². The number of carbonyl (C=O) groups is 1. The first-order valence-electron chi connectivity index (χ1n) is 5.27. The number of hydrogen-bond donors (Lipinski definition) is 1. The summed E-state index contributed by atoms with van der Waals surface area (Å²) in [6.07, 6.45) is 4.22. The molecule has 0 aliphatic rings. The Morgan fingerprint density at radius 3 is 2.74 bits per heavy atom. The van der Waals surface area contributed by atoms with Gasteiger partial charge in [0.2, 0.25) is 0 Å². The summed E-state index contributed by atoms with van der Waals surface area (Å²) in [6, 6.07) is 10.3. The van der Waals surface area contributed by atoms with Gasteiger partial charge in [-0.15, -0.1) is 0 Å². The Bertz CT molecular complexity index is 573. The van der Waals surface area contributed by atoms with Crippen LogP contribution in [0.4, 0.5) is 5.69 Å². The Labute approximate surface area is 132 Å². The number of aromatic nitrogens is 1. The van der Waals surface area contributed by atoms with Crippen LogP contribution in [0.3, 0.4) is 0 Å². The Morgan fingerprint density at radius 1 is 1.26 bits per heavy atom. The van der Waals surface area contributed by atoms with Crippen molar-refractivity contribution in [3.63, 3.8) is 0 Å². The van der Waals surface area contributed by atoms with Gasteiger partial charge in [0, 0.05) is 29.9 Å². The minimum atomic E-state index is -0.283. The Hall–Kier alpha value is -1.69. The molecule has 5 nitrogen and oxygen atoms in total. The van der Waals surface area contributed by atoms with E-state index in [4.69, 9.17) is 0 Å². The zero-order valence-electron chi connectivity index (χ0n) is 10.4. The summed E-state index contributed by atoms with van der Waals surface area (Å²) >= 11 is 0. The number of nitrogens with one attached hydrogen (secondary N) is 1. The summed E-state index contributed by atoms with van der Waals surface area (Å²) in [5, 5.41) is 15.7. The maximum absolute atomic E-state index is 11.9. The zero-order chi connectivity index (χ0) is 12.8. The van der Waals surface area contributed by atoms with Crippen LogP contribution in [0.1, 0.15) is 15.9 Å². The SMILES string of the molecule is O=C(Nc1ccccc1/C=N\[O-])c1cccnc1.[Na+]. The standard InChI is InChI=1S/C13H11N3O2.Na/c17-13(11-5-3-7-14-8-11)16-12-6-2-1-4-10(12)9-15-18;/h1-9,18H,(H,16,17);/q;+1/p-1/b15-9-;. The van der Waals surface area contributed by atoms with Crippen molar-refractivity contribution >= 4 is 17.8 Å². The predicted octanol–water partition coefficient (Wildman–Crippen LogP) is -0.745. The van der Waals surface area contributed by atoms with Crippen molar-refractivity contribution in [1.82, 2.24) is 4.98 Å². The molecule has 0 radical (unpaired) electrons. The van der Waals surface area contributed by atoms with Gasteiger partial charge in [-0.3, -0.25) is 9.78 Å². The maximum Gasteiger partial charge on any atom is 1.00 e. The van der Waals surface area contributed by atoms with Crippen LogP contribution in [0.5, 0.6) is 0 Å². The number of carbonyl (C=O) groups excluding carboxylic acids is 1. The molecular formula is C13H10N3NaO2. The average Bonchev–Trinajstić information content (AvgIpc) is 2.42. The molecule has 0 unspecified atom stereocenters. The fourth-order valence-corrected chi connectivity index (χ4v) is 1.47. The number of hydrogen-bond acceptors (Lipinski definition) is 4. The Kier molecular flexibility index (Phi) is 6.21.